The summed E-state index contributed by atoms with van der Waals surface area (Å²) in [4.78, 5) is 24.9. The van der Waals surface area contributed by atoms with Crippen LogP contribution in [-0.2, 0) is 14.3 Å². The molecule has 0 aromatic rings. The van der Waals surface area contributed by atoms with Gasteiger partial charge in [-0.25, -0.2) is 0 Å². The van der Waals surface area contributed by atoms with E-state index < -0.39 is 16.1 Å². The van der Waals surface area contributed by atoms with Crippen LogP contribution in [0.3, 0.4) is 0 Å². The quantitative estimate of drug-likeness (QED) is 0.438. The van der Waals surface area contributed by atoms with E-state index in [9.17, 15) is 9.59 Å². The first-order valence-corrected chi connectivity index (χ1v) is 15.3. The molecule has 1 saturated carbocycles. The van der Waals surface area contributed by atoms with Gasteiger partial charge in [-0.15, -0.1) is 0 Å². The monoisotopic (exact) mass is 334 g/mol. The summed E-state index contributed by atoms with van der Waals surface area (Å²) in [5.74, 6) is -1.20. The van der Waals surface area contributed by atoms with E-state index >= 15 is 0 Å². The maximum absolute atomic E-state index is 12.5. The van der Waals surface area contributed by atoms with Crippen LogP contribution < -0.4 is 0 Å². The normalized spacial score (nSPS) is 29.0. The van der Waals surface area contributed by atoms with Gasteiger partial charge in [0.25, 0.3) is 0 Å². The van der Waals surface area contributed by atoms with Crippen LogP contribution in [0.4, 0.5) is 0 Å². The van der Waals surface area contributed by atoms with Gasteiger partial charge in [0.1, 0.15) is 0 Å². The highest BCUT2D eigenvalue weighted by atomic mass is 28.3. The summed E-state index contributed by atoms with van der Waals surface area (Å²) < 4.78 is 5.12. The lowest BCUT2D eigenvalue weighted by Crippen LogP contribution is -2.43. The van der Waals surface area contributed by atoms with Crippen molar-refractivity contribution in [1.29, 1.82) is 0 Å². The second-order valence-electron chi connectivity index (χ2n) is 8.83. The number of rotatable bonds is 2. The molecule has 0 aromatic carbocycles. The van der Waals surface area contributed by atoms with Gasteiger partial charge in [-0.3, -0.25) is 9.59 Å². The van der Waals surface area contributed by atoms with Crippen molar-refractivity contribution in [2.45, 2.75) is 58.5 Å². The predicted molar refractivity (Wildman–Crippen MR) is 92.7 cm³/mol. The van der Waals surface area contributed by atoms with Gasteiger partial charge in [-0.2, -0.15) is 0 Å². The second kappa shape index (κ2) is 4.77. The average molecular weight is 335 g/mol. The number of hydrogen-bond acceptors (Lipinski definition) is 3. The van der Waals surface area contributed by atoms with E-state index in [0.29, 0.717) is 0 Å². The van der Waals surface area contributed by atoms with Crippen LogP contribution in [0, 0.1) is 11.8 Å². The fourth-order valence-electron chi connectivity index (χ4n) is 4.62. The van der Waals surface area contributed by atoms with Crippen LogP contribution in [0.5, 0.6) is 0 Å². The Hall–Kier alpha value is -0.946. The molecule has 1 saturated heterocycles. The minimum atomic E-state index is -1.68. The molecule has 2 aliphatic carbocycles. The molecule has 5 heteroatoms. The van der Waals surface area contributed by atoms with E-state index in [1.165, 1.54) is 21.5 Å². The Bertz CT molecular complexity index is 575. The minimum Gasteiger partial charge on any atom is -0.392 e. The Morgan fingerprint density at radius 1 is 0.773 bits per heavy atom. The lowest BCUT2D eigenvalue weighted by atomic mass is 9.83. The topological polar surface area (TPSA) is 43.4 Å². The van der Waals surface area contributed by atoms with Gasteiger partial charge in [0.05, 0.1) is 28.0 Å². The number of carbonyl (C=O) groups excluding carboxylic acids is 2. The van der Waals surface area contributed by atoms with Crippen molar-refractivity contribution in [2.75, 3.05) is 0 Å². The zero-order valence-electron chi connectivity index (χ0n) is 14.5. The SMILES string of the molecule is C[Si](C)(C)C1=C2CCCC2=C([Si](C)(C)C)[C@@H]2C(=O)OC(=O)[C@H]12. The molecule has 0 spiro atoms. The molecule has 0 amide bonds. The highest BCUT2D eigenvalue weighted by molar-refractivity contribution is 6.85. The molecule has 0 bridgehead atoms. The molecular formula is C17H26O3Si2. The summed E-state index contributed by atoms with van der Waals surface area (Å²) in [5, 5.41) is 2.62. The van der Waals surface area contributed by atoms with Crippen LogP contribution in [0.25, 0.3) is 0 Å². The number of ether oxygens (including phenoxy) is 1. The van der Waals surface area contributed by atoms with E-state index in [1.807, 2.05) is 0 Å². The maximum atomic E-state index is 12.5. The van der Waals surface area contributed by atoms with Crippen LogP contribution >= 0.6 is 0 Å². The van der Waals surface area contributed by atoms with Crippen molar-refractivity contribution < 1.29 is 14.3 Å². The molecule has 1 aliphatic heterocycles. The number of allylic oxidation sites excluding steroid dienone is 2. The molecule has 0 N–H and O–H groups in total. The summed E-state index contributed by atoms with van der Waals surface area (Å²) >= 11 is 0. The third-order valence-corrected chi connectivity index (χ3v) is 9.61. The Labute approximate surface area is 134 Å². The fraction of sp³-hybridized carbons (Fsp3) is 0.647. The van der Waals surface area contributed by atoms with E-state index in [2.05, 4.69) is 39.3 Å². The number of carbonyl (C=O) groups is 2. The summed E-state index contributed by atoms with van der Waals surface area (Å²) in [5.41, 5.74) is 2.87. The Morgan fingerprint density at radius 3 is 1.45 bits per heavy atom. The Kier molecular flexibility index (Phi) is 3.46. The molecule has 2 fully saturated rings. The van der Waals surface area contributed by atoms with Crippen molar-refractivity contribution in [3.8, 4) is 0 Å². The molecule has 22 heavy (non-hydrogen) atoms. The standard InChI is InChI=1S/C17H26O3Si2/c1-21(2,3)14-10-8-7-9-11(10)15(22(4,5)6)13-12(14)16(18)20-17(13)19/h12-13H,7-9H2,1-6H3/t12-,13+. The molecule has 0 aromatic heterocycles. The van der Waals surface area contributed by atoms with Gasteiger partial charge in [-0.05, 0) is 30.4 Å². The van der Waals surface area contributed by atoms with E-state index in [4.69, 9.17) is 4.74 Å². The predicted octanol–water partition coefficient (Wildman–Crippen LogP) is 3.85. The Morgan fingerprint density at radius 2 is 1.14 bits per heavy atom. The molecule has 3 rings (SSSR count). The highest BCUT2D eigenvalue weighted by Gasteiger charge is 2.56. The zero-order valence-corrected chi connectivity index (χ0v) is 16.5. The van der Waals surface area contributed by atoms with E-state index in [0.717, 1.165) is 19.3 Å². The van der Waals surface area contributed by atoms with Crippen molar-refractivity contribution in [3.05, 3.63) is 21.5 Å². The lowest BCUT2D eigenvalue weighted by molar-refractivity contribution is -0.153. The summed E-state index contributed by atoms with van der Waals surface area (Å²) in [6, 6.07) is 0. The molecule has 1 heterocycles. The fourth-order valence-corrected chi connectivity index (χ4v) is 9.42. The van der Waals surface area contributed by atoms with Crippen molar-refractivity contribution in [3.63, 3.8) is 0 Å². The number of fused-ring (bicyclic) bond motifs is 2. The summed E-state index contributed by atoms with van der Waals surface area (Å²) in [7, 11) is -3.36. The number of esters is 2. The lowest BCUT2D eigenvalue weighted by Gasteiger charge is -2.39. The minimum absolute atomic E-state index is 0.290. The molecule has 3 aliphatic rings. The highest BCUT2D eigenvalue weighted by Crippen LogP contribution is 2.53. The van der Waals surface area contributed by atoms with Gasteiger partial charge >= 0.3 is 11.9 Å². The van der Waals surface area contributed by atoms with Gasteiger partial charge in [-0.1, -0.05) is 49.7 Å². The van der Waals surface area contributed by atoms with Crippen LogP contribution in [0.1, 0.15) is 19.3 Å². The Balaban J connectivity index is 2.33. The largest absolute Gasteiger partial charge is 0.392 e. The van der Waals surface area contributed by atoms with Crippen molar-refractivity contribution in [2.24, 2.45) is 11.8 Å². The first kappa shape index (κ1) is 15.9. The number of cyclic esters (lactones) is 2. The third kappa shape index (κ3) is 2.21. The second-order valence-corrected chi connectivity index (χ2v) is 18.9. The average Bonchev–Trinajstić information content (AvgIpc) is 2.89. The van der Waals surface area contributed by atoms with E-state index in [-0.39, 0.29) is 23.8 Å². The molecule has 0 radical (unpaired) electrons. The molecule has 0 unspecified atom stereocenters. The maximum Gasteiger partial charge on any atom is 0.321 e. The van der Waals surface area contributed by atoms with Crippen molar-refractivity contribution in [1.82, 2.24) is 0 Å². The molecule has 120 valence electrons. The summed E-state index contributed by atoms with van der Waals surface area (Å²) in [6.45, 7) is 13.7. The van der Waals surface area contributed by atoms with Gasteiger partial charge < -0.3 is 4.74 Å². The molecule has 3 nitrogen and oxygen atoms in total. The first-order chi connectivity index (χ1) is 10.0. The van der Waals surface area contributed by atoms with E-state index in [1.54, 1.807) is 0 Å². The number of hydrogen-bond donors (Lipinski definition) is 0. The zero-order chi connectivity index (χ0) is 16.4. The van der Waals surface area contributed by atoms with Gasteiger partial charge in [0.2, 0.25) is 0 Å². The third-order valence-electron chi connectivity index (χ3n) is 5.15. The van der Waals surface area contributed by atoms with Crippen LogP contribution in [-0.4, -0.2) is 28.1 Å². The van der Waals surface area contributed by atoms with Gasteiger partial charge in [0.15, 0.2) is 0 Å². The summed E-state index contributed by atoms with van der Waals surface area (Å²) in [6.07, 6.45) is 3.32. The van der Waals surface area contributed by atoms with Crippen molar-refractivity contribution >= 4 is 28.1 Å². The first-order valence-electron chi connectivity index (χ1n) is 8.26. The van der Waals surface area contributed by atoms with Crippen LogP contribution in [0.15, 0.2) is 21.5 Å². The molecule has 2 atom stereocenters. The van der Waals surface area contributed by atoms with Crippen LogP contribution in [0.2, 0.25) is 39.3 Å². The van der Waals surface area contributed by atoms with Gasteiger partial charge in [0, 0.05) is 0 Å². The smallest absolute Gasteiger partial charge is 0.321 e. The molecular weight excluding hydrogens is 308 g/mol.